The molecule has 0 heterocycles. The number of rotatable bonds is 5. The van der Waals surface area contributed by atoms with Crippen molar-refractivity contribution in [3.8, 4) is 6.07 Å². The second-order valence-electron chi connectivity index (χ2n) is 4.81. The molecular formula is C17H16ClN3O2. The third-order valence-electron chi connectivity index (χ3n) is 3.23. The summed E-state index contributed by atoms with van der Waals surface area (Å²) in [5.74, 6) is -0.471. The number of amides is 2. The zero-order chi connectivity index (χ0) is 16.7. The summed E-state index contributed by atoms with van der Waals surface area (Å²) in [6.07, 6.45) is 0. The molecule has 2 rings (SSSR count). The number of anilines is 1. The highest BCUT2D eigenvalue weighted by atomic mass is 35.5. The summed E-state index contributed by atoms with van der Waals surface area (Å²) in [5, 5.41) is 23.6. The summed E-state index contributed by atoms with van der Waals surface area (Å²) >= 11 is 6.28. The molecule has 1 unspecified atom stereocenters. The average Bonchev–Trinajstić information content (AvgIpc) is 2.56. The predicted octanol–water partition coefficient (Wildman–Crippen LogP) is 3.11. The maximum atomic E-state index is 11.6. The molecule has 6 heteroatoms. The van der Waals surface area contributed by atoms with Gasteiger partial charge in [0.2, 0.25) is 0 Å². The molecule has 23 heavy (non-hydrogen) atoms. The Bertz CT molecular complexity index is 714. The highest BCUT2D eigenvalue weighted by molar-refractivity contribution is 6.31. The molecule has 2 aromatic rings. The lowest BCUT2D eigenvalue weighted by atomic mass is 9.92. The van der Waals surface area contributed by atoms with Crippen molar-refractivity contribution in [1.29, 1.82) is 5.26 Å². The van der Waals surface area contributed by atoms with E-state index >= 15 is 0 Å². The number of hydrogen-bond acceptors (Lipinski definition) is 3. The van der Waals surface area contributed by atoms with Crippen LogP contribution in [-0.2, 0) is 0 Å². The first kappa shape index (κ1) is 16.8. The van der Waals surface area contributed by atoms with E-state index < -0.39 is 11.9 Å². The molecule has 0 saturated heterocycles. The number of nitrogens with zero attached hydrogens (tertiary/aromatic N) is 1. The number of carbonyl (C=O) groups is 1. The minimum Gasteiger partial charge on any atom is -0.395 e. The van der Waals surface area contributed by atoms with E-state index in [4.69, 9.17) is 16.7 Å². The lowest BCUT2D eigenvalue weighted by Crippen LogP contribution is -2.30. The summed E-state index contributed by atoms with van der Waals surface area (Å²) in [6.45, 7) is 0.0379. The molecule has 1 atom stereocenters. The zero-order valence-corrected chi connectivity index (χ0v) is 13.0. The molecule has 3 N–H and O–H groups in total. The molecule has 0 spiro atoms. The quantitative estimate of drug-likeness (QED) is 0.788. The lowest BCUT2D eigenvalue weighted by Gasteiger charge is -2.13. The SMILES string of the molecule is N#CC(c1ccccc1)c1ccc(NC(=O)NCCO)cc1Cl. The van der Waals surface area contributed by atoms with E-state index in [-0.39, 0.29) is 13.2 Å². The van der Waals surface area contributed by atoms with Crippen molar-refractivity contribution >= 4 is 23.3 Å². The summed E-state index contributed by atoms with van der Waals surface area (Å²) in [4.78, 5) is 11.6. The number of aliphatic hydroxyl groups is 1. The fraction of sp³-hybridized carbons (Fsp3) is 0.176. The lowest BCUT2D eigenvalue weighted by molar-refractivity contribution is 0.245. The second-order valence-corrected chi connectivity index (χ2v) is 5.22. The third-order valence-corrected chi connectivity index (χ3v) is 3.56. The molecule has 0 radical (unpaired) electrons. The predicted molar refractivity (Wildman–Crippen MR) is 89.5 cm³/mol. The molecule has 118 valence electrons. The first-order chi connectivity index (χ1) is 11.2. The molecule has 2 aromatic carbocycles. The van der Waals surface area contributed by atoms with Gasteiger partial charge in [-0.1, -0.05) is 48.0 Å². The van der Waals surface area contributed by atoms with E-state index in [0.717, 1.165) is 5.56 Å². The number of aliphatic hydroxyl groups excluding tert-OH is 1. The minimum atomic E-state index is -0.471. The molecule has 0 aliphatic heterocycles. The topological polar surface area (TPSA) is 85.2 Å². The van der Waals surface area contributed by atoms with Crippen molar-refractivity contribution in [3.05, 3.63) is 64.7 Å². The molecular weight excluding hydrogens is 314 g/mol. The van der Waals surface area contributed by atoms with Gasteiger partial charge in [0.05, 0.1) is 18.6 Å². The van der Waals surface area contributed by atoms with Gasteiger partial charge >= 0.3 is 6.03 Å². The Labute approximate surface area is 139 Å². The standard InChI is InChI=1S/C17H16ClN3O2/c18-16-10-13(21-17(23)20-8-9-22)6-7-14(16)15(11-19)12-4-2-1-3-5-12/h1-7,10,15,22H,8-9H2,(H2,20,21,23). The van der Waals surface area contributed by atoms with Gasteiger partial charge in [-0.15, -0.1) is 0 Å². The number of nitrogens with one attached hydrogen (secondary N) is 2. The number of hydrogen-bond donors (Lipinski definition) is 3. The van der Waals surface area contributed by atoms with Crippen LogP contribution in [0.2, 0.25) is 5.02 Å². The van der Waals surface area contributed by atoms with Gasteiger partial charge in [-0.05, 0) is 23.3 Å². The molecule has 2 amide bonds. The number of benzene rings is 2. The Morgan fingerprint density at radius 3 is 2.61 bits per heavy atom. The first-order valence-electron chi connectivity index (χ1n) is 7.05. The van der Waals surface area contributed by atoms with Crippen LogP contribution in [0.5, 0.6) is 0 Å². The Kier molecular flexibility index (Phi) is 5.98. The highest BCUT2D eigenvalue weighted by Gasteiger charge is 2.17. The van der Waals surface area contributed by atoms with Gasteiger partial charge < -0.3 is 15.7 Å². The summed E-state index contributed by atoms with van der Waals surface area (Å²) in [5.41, 5.74) is 2.05. The van der Waals surface area contributed by atoms with Gasteiger partial charge in [0, 0.05) is 17.3 Å². The molecule has 5 nitrogen and oxygen atoms in total. The van der Waals surface area contributed by atoms with Crippen LogP contribution in [0.15, 0.2) is 48.5 Å². The molecule has 0 saturated carbocycles. The van der Waals surface area contributed by atoms with Crippen molar-refractivity contribution in [3.63, 3.8) is 0 Å². The van der Waals surface area contributed by atoms with E-state index in [1.165, 1.54) is 0 Å². The summed E-state index contributed by atoms with van der Waals surface area (Å²) < 4.78 is 0. The Morgan fingerprint density at radius 2 is 2.00 bits per heavy atom. The average molecular weight is 330 g/mol. The fourth-order valence-electron chi connectivity index (χ4n) is 2.15. The van der Waals surface area contributed by atoms with Gasteiger partial charge in [0.15, 0.2) is 0 Å². The molecule has 0 aliphatic rings. The van der Waals surface area contributed by atoms with E-state index in [1.54, 1.807) is 18.2 Å². The van der Waals surface area contributed by atoms with Crippen LogP contribution < -0.4 is 10.6 Å². The maximum absolute atomic E-state index is 11.6. The van der Waals surface area contributed by atoms with Gasteiger partial charge in [-0.3, -0.25) is 0 Å². The number of urea groups is 1. The molecule has 0 fully saturated rings. The van der Waals surface area contributed by atoms with Crippen LogP contribution in [0, 0.1) is 11.3 Å². The maximum Gasteiger partial charge on any atom is 0.319 e. The number of halogens is 1. The van der Waals surface area contributed by atoms with E-state index in [0.29, 0.717) is 16.3 Å². The van der Waals surface area contributed by atoms with Crippen LogP contribution >= 0.6 is 11.6 Å². The van der Waals surface area contributed by atoms with Gasteiger partial charge in [0.1, 0.15) is 0 Å². The van der Waals surface area contributed by atoms with Crippen LogP contribution in [0.25, 0.3) is 0 Å². The monoisotopic (exact) mass is 329 g/mol. The van der Waals surface area contributed by atoms with Gasteiger partial charge in [-0.25, -0.2) is 4.79 Å². The minimum absolute atomic E-state index is 0.131. The Morgan fingerprint density at radius 1 is 1.26 bits per heavy atom. The third kappa shape index (κ3) is 4.46. The number of nitriles is 1. The smallest absolute Gasteiger partial charge is 0.319 e. The summed E-state index contributed by atoms with van der Waals surface area (Å²) in [6, 6.07) is 16.2. The fourth-order valence-corrected chi connectivity index (χ4v) is 2.44. The van der Waals surface area contributed by atoms with E-state index in [1.807, 2.05) is 30.3 Å². The molecule has 0 aromatic heterocycles. The van der Waals surface area contributed by atoms with E-state index in [2.05, 4.69) is 16.7 Å². The van der Waals surface area contributed by atoms with E-state index in [9.17, 15) is 10.1 Å². The van der Waals surface area contributed by atoms with Crippen LogP contribution in [0.3, 0.4) is 0 Å². The molecule has 0 aliphatic carbocycles. The largest absolute Gasteiger partial charge is 0.395 e. The van der Waals surface area contributed by atoms with Crippen LogP contribution in [-0.4, -0.2) is 24.3 Å². The van der Waals surface area contributed by atoms with Crippen molar-refractivity contribution in [2.24, 2.45) is 0 Å². The van der Waals surface area contributed by atoms with Crippen molar-refractivity contribution < 1.29 is 9.90 Å². The van der Waals surface area contributed by atoms with Gasteiger partial charge in [0.25, 0.3) is 0 Å². The zero-order valence-electron chi connectivity index (χ0n) is 12.3. The van der Waals surface area contributed by atoms with Crippen LogP contribution in [0.4, 0.5) is 10.5 Å². The second kappa shape index (κ2) is 8.18. The first-order valence-corrected chi connectivity index (χ1v) is 7.43. The Hall–Kier alpha value is -2.55. The van der Waals surface area contributed by atoms with Crippen molar-refractivity contribution in [1.82, 2.24) is 5.32 Å². The molecule has 0 bridgehead atoms. The van der Waals surface area contributed by atoms with Crippen molar-refractivity contribution in [2.75, 3.05) is 18.5 Å². The summed E-state index contributed by atoms with van der Waals surface area (Å²) in [7, 11) is 0. The highest BCUT2D eigenvalue weighted by Crippen LogP contribution is 2.31. The van der Waals surface area contributed by atoms with Crippen LogP contribution in [0.1, 0.15) is 17.0 Å². The van der Waals surface area contributed by atoms with Gasteiger partial charge in [-0.2, -0.15) is 5.26 Å². The number of carbonyl (C=O) groups excluding carboxylic acids is 1. The van der Waals surface area contributed by atoms with Crippen molar-refractivity contribution in [2.45, 2.75) is 5.92 Å². The normalized spacial score (nSPS) is 11.3. The Balaban J connectivity index is 2.19.